The second-order valence-corrected chi connectivity index (χ2v) is 5.01. The lowest BCUT2D eigenvalue weighted by Crippen LogP contribution is -2.37. The van der Waals surface area contributed by atoms with Crippen molar-refractivity contribution >= 4 is 5.91 Å². The minimum Gasteiger partial charge on any atom is -0.497 e. The lowest BCUT2D eigenvalue weighted by Gasteiger charge is -2.17. The van der Waals surface area contributed by atoms with E-state index >= 15 is 0 Å². The van der Waals surface area contributed by atoms with E-state index in [1.54, 1.807) is 19.2 Å². The van der Waals surface area contributed by atoms with Crippen molar-refractivity contribution in [3.63, 3.8) is 0 Å². The number of methoxy groups -OCH3 is 1. The Balaban J connectivity index is 1.93. The molecule has 0 fully saturated rings. The van der Waals surface area contributed by atoms with Crippen LogP contribution in [0.25, 0.3) is 0 Å². The number of para-hydroxylation sites is 1. The van der Waals surface area contributed by atoms with Gasteiger partial charge in [-0.15, -0.1) is 0 Å². The molecule has 0 radical (unpaired) electrons. The maximum absolute atomic E-state index is 13.6. The van der Waals surface area contributed by atoms with Crippen molar-refractivity contribution in [2.75, 3.05) is 7.11 Å². The van der Waals surface area contributed by atoms with Crippen molar-refractivity contribution in [2.45, 2.75) is 26.0 Å². The fourth-order valence-corrected chi connectivity index (χ4v) is 2.06. The molecular formula is C18H20FNO3. The summed E-state index contributed by atoms with van der Waals surface area (Å²) in [7, 11) is 1.60. The number of benzene rings is 2. The van der Waals surface area contributed by atoms with Crippen molar-refractivity contribution in [2.24, 2.45) is 0 Å². The molecular weight excluding hydrogens is 297 g/mol. The molecule has 23 heavy (non-hydrogen) atoms. The molecule has 0 saturated heterocycles. The normalized spacial score (nSPS) is 11.6. The summed E-state index contributed by atoms with van der Waals surface area (Å²) >= 11 is 0. The van der Waals surface area contributed by atoms with E-state index in [0.29, 0.717) is 13.0 Å². The summed E-state index contributed by atoms with van der Waals surface area (Å²) in [6, 6.07) is 13.5. The van der Waals surface area contributed by atoms with Gasteiger partial charge in [0, 0.05) is 6.54 Å². The third-order valence-corrected chi connectivity index (χ3v) is 3.39. The first kappa shape index (κ1) is 16.8. The number of hydrogen-bond donors (Lipinski definition) is 1. The van der Waals surface area contributed by atoms with Crippen LogP contribution in [0.2, 0.25) is 0 Å². The molecule has 4 nitrogen and oxygen atoms in total. The van der Waals surface area contributed by atoms with Crippen LogP contribution < -0.4 is 14.8 Å². The molecule has 0 aliphatic carbocycles. The molecule has 0 aliphatic rings. The first-order valence-electron chi connectivity index (χ1n) is 7.46. The van der Waals surface area contributed by atoms with Crippen LogP contribution >= 0.6 is 0 Å². The molecule has 2 rings (SSSR count). The van der Waals surface area contributed by atoms with E-state index in [1.165, 1.54) is 12.1 Å². The summed E-state index contributed by atoms with van der Waals surface area (Å²) in [6.07, 6.45) is -0.284. The van der Waals surface area contributed by atoms with Gasteiger partial charge < -0.3 is 14.8 Å². The zero-order valence-electron chi connectivity index (χ0n) is 13.2. The van der Waals surface area contributed by atoms with Gasteiger partial charge in [-0.3, -0.25) is 4.79 Å². The topological polar surface area (TPSA) is 47.6 Å². The molecule has 0 heterocycles. The second-order valence-electron chi connectivity index (χ2n) is 5.01. The number of carbonyl (C=O) groups is 1. The number of rotatable bonds is 7. The summed E-state index contributed by atoms with van der Waals surface area (Å²) in [5.41, 5.74) is 0.944. The minimum atomic E-state index is -0.731. The molecule has 0 unspecified atom stereocenters. The van der Waals surface area contributed by atoms with Gasteiger partial charge in [-0.1, -0.05) is 31.2 Å². The number of nitrogens with one attached hydrogen (secondary N) is 1. The summed E-state index contributed by atoms with van der Waals surface area (Å²) in [5.74, 6) is 0.0915. The molecule has 5 heteroatoms. The van der Waals surface area contributed by atoms with Gasteiger partial charge in [0.1, 0.15) is 5.75 Å². The average molecular weight is 317 g/mol. The molecule has 1 atom stereocenters. The Bertz CT molecular complexity index is 643. The van der Waals surface area contributed by atoms with Crippen LogP contribution in [0.3, 0.4) is 0 Å². The predicted octanol–water partition coefficient (Wildman–Crippen LogP) is 3.31. The Hall–Kier alpha value is -2.56. The van der Waals surface area contributed by atoms with Gasteiger partial charge in [0.15, 0.2) is 17.7 Å². The molecule has 0 spiro atoms. The first-order valence-corrected chi connectivity index (χ1v) is 7.46. The highest BCUT2D eigenvalue weighted by Gasteiger charge is 2.19. The number of ether oxygens (including phenoxy) is 2. The lowest BCUT2D eigenvalue weighted by molar-refractivity contribution is -0.128. The summed E-state index contributed by atoms with van der Waals surface area (Å²) < 4.78 is 24.2. The molecule has 0 aliphatic heterocycles. The monoisotopic (exact) mass is 317 g/mol. The van der Waals surface area contributed by atoms with Gasteiger partial charge >= 0.3 is 0 Å². The third-order valence-electron chi connectivity index (χ3n) is 3.39. The van der Waals surface area contributed by atoms with Crippen LogP contribution in [0.4, 0.5) is 4.39 Å². The quantitative estimate of drug-likeness (QED) is 0.852. The van der Waals surface area contributed by atoms with E-state index in [0.717, 1.165) is 11.3 Å². The summed E-state index contributed by atoms with van der Waals surface area (Å²) in [5, 5.41) is 2.80. The van der Waals surface area contributed by atoms with Gasteiger partial charge in [0.25, 0.3) is 5.91 Å². The third kappa shape index (κ3) is 4.71. The van der Waals surface area contributed by atoms with E-state index in [1.807, 2.05) is 31.2 Å². The smallest absolute Gasteiger partial charge is 0.261 e. The van der Waals surface area contributed by atoms with E-state index in [9.17, 15) is 9.18 Å². The molecule has 122 valence electrons. The Morgan fingerprint density at radius 2 is 1.87 bits per heavy atom. The first-order chi connectivity index (χ1) is 11.1. The van der Waals surface area contributed by atoms with Crippen molar-refractivity contribution in [1.29, 1.82) is 0 Å². The second kappa shape index (κ2) is 8.17. The van der Waals surface area contributed by atoms with Crippen molar-refractivity contribution < 1.29 is 18.7 Å². The molecule has 0 saturated carbocycles. The van der Waals surface area contributed by atoms with Gasteiger partial charge in [0.2, 0.25) is 0 Å². The van der Waals surface area contributed by atoms with E-state index < -0.39 is 11.9 Å². The van der Waals surface area contributed by atoms with Gasteiger partial charge in [-0.25, -0.2) is 4.39 Å². The molecule has 0 bridgehead atoms. The van der Waals surface area contributed by atoms with Crippen LogP contribution in [0.1, 0.15) is 18.9 Å². The molecule has 1 N–H and O–H groups in total. The van der Waals surface area contributed by atoms with Crippen LogP contribution in [-0.2, 0) is 11.3 Å². The Kier molecular flexibility index (Phi) is 5.97. The molecule has 2 aromatic carbocycles. The SMILES string of the molecule is CC[C@H](Oc1ccccc1F)C(=O)NCc1ccc(OC)cc1. The van der Waals surface area contributed by atoms with Crippen LogP contribution in [0.5, 0.6) is 11.5 Å². The van der Waals surface area contributed by atoms with Crippen molar-refractivity contribution in [3.05, 3.63) is 59.9 Å². The summed E-state index contributed by atoms with van der Waals surface area (Å²) in [6.45, 7) is 2.19. The number of amides is 1. The maximum Gasteiger partial charge on any atom is 0.261 e. The van der Waals surface area contributed by atoms with E-state index in [4.69, 9.17) is 9.47 Å². The van der Waals surface area contributed by atoms with Crippen molar-refractivity contribution in [3.8, 4) is 11.5 Å². The Morgan fingerprint density at radius 1 is 1.17 bits per heavy atom. The van der Waals surface area contributed by atoms with Gasteiger partial charge in [-0.05, 0) is 36.2 Å². The predicted molar refractivity (Wildman–Crippen MR) is 85.9 cm³/mol. The molecule has 1 amide bonds. The molecule has 2 aromatic rings. The summed E-state index contributed by atoms with van der Waals surface area (Å²) in [4.78, 5) is 12.2. The average Bonchev–Trinajstić information content (AvgIpc) is 2.59. The van der Waals surface area contributed by atoms with Gasteiger partial charge in [0.05, 0.1) is 7.11 Å². The number of carbonyl (C=O) groups excluding carboxylic acids is 1. The highest BCUT2D eigenvalue weighted by molar-refractivity contribution is 5.81. The fourth-order valence-electron chi connectivity index (χ4n) is 2.06. The number of hydrogen-bond acceptors (Lipinski definition) is 3. The van der Waals surface area contributed by atoms with E-state index in [-0.39, 0.29) is 11.7 Å². The zero-order valence-corrected chi connectivity index (χ0v) is 13.2. The Labute approximate surface area is 135 Å². The molecule has 0 aromatic heterocycles. The highest BCUT2D eigenvalue weighted by Crippen LogP contribution is 2.18. The highest BCUT2D eigenvalue weighted by atomic mass is 19.1. The fraction of sp³-hybridized carbons (Fsp3) is 0.278. The van der Waals surface area contributed by atoms with E-state index in [2.05, 4.69) is 5.32 Å². The minimum absolute atomic E-state index is 0.0824. The van der Waals surface area contributed by atoms with Crippen LogP contribution in [0, 0.1) is 5.82 Å². The zero-order chi connectivity index (χ0) is 16.7. The van der Waals surface area contributed by atoms with Crippen molar-refractivity contribution in [1.82, 2.24) is 5.32 Å². The number of halogens is 1. The van der Waals surface area contributed by atoms with Crippen LogP contribution in [-0.4, -0.2) is 19.1 Å². The largest absolute Gasteiger partial charge is 0.497 e. The van der Waals surface area contributed by atoms with Crippen LogP contribution in [0.15, 0.2) is 48.5 Å². The maximum atomic E-state index is 13.6. The standard InChI is InChI=1S/C18H20FNO3/c1-3-16(23-17-7-5-4-6-15(17)19)18(21)20-12-13-8-10-14(22-2)11-9-13/h4-11,16H,3,12H2,1-2H3,(H,20,21)/t16-/m0/s1. The Morgan fingerprint density at radius 3 is 2.48 bits per heavy atom. The lowest BCUT2D eigenvalue weighted by atomic mass is 10.2. The van der Waals surface area contributed by atoms with Gasteiger partial charge in [-0.2, -0.15) is 0 Å².